The summed E-state index contributed by atoms with van der Waals surface area (Å²) in [7, 11) is 0. The summed E-state index contributed by atoms with van der Waals surface area (Å²) in [5.74, 6) is 0. The van der Waals surface area contributed by atoms with Gasteiger partial charge < -0.3 is 5.32 Å². The number of pyridine rings is 1. The number of amidine groups is 1. The Labute approximate surface area is 118 Å². The minimum atomic E-state index is 0.235. The minimum Gasteiger partial charge on any atom is -0.329 e. The van der Waals surface area contributed by atoms with E-state index in [0.29, 0.717) is 21.6 Å². The third-order valence-corrected chi connectivity index (χ3v) is 2.96. The van der Waals surface area contributed by atoms with Gasteiger partial charge in [-0.1, -0.05) is 6.07 Å². The lowest BCUT2D eigenvalue weighted by Crippen LogP contribution is -2.22. The van der Waals surface area contributed by atoms with Gasteiger partial charge >= 0.3 is 0 Å². The lowest BCUT2D eigenvalue weighted by Gasteiger charge is -2.15. The van der Waals surface area contributed by atoms with Crippen LogP contribution in [0.3, 0.4) is 0 Å². The van der Waals surface area contributed by atoms with Crippen LogP contribution in [-0.2, 0) is 0 Å². The van der Waals surface area contributed by atoms with Gasteiger partial charge in [0.05, 0.1) is 11.4 Å². The Morgan fingerprint density at radius 1 is 1.50 bits per heavy atom. The normalized spacial score (nSPS) is 17.2. The molecule has 0 unspecified atom stereocenters. The molecule has 2 rings (SSSR count). The Bertz CT molecular complexity index is 625. The van der Waals surface area contributed by atoms with Gasteiger partial charge in [0.15, 0.2) is 5.29 Å². The average Bonchev–Trinajstić information content (AvgIpc) is 2.35. The van der Waals surface area contributed by atoms with Crippen LogP contribution in [-0.4, -0.2) is 10.3 Å². The molecule has 90 valence electrons. The number of allylic oxidation sites excluding steroid dienone is 2. The molecule has 18 heavy (non-hydrogen) atoms. The molecule has 6 heteroatoms. The second-order valence-electron chi connectivity index (χ2n) is 3.56. The summed E-state index contributed by atoms with van der Waals surface area (Å²) in [6.45, 7) is 1.85. The van der Waals surface area contributed by atoms with Crippen molar-refractivity contribution in [2.45, 2.75) is 6.92 Å². The van der Waals surface area contributed by atoms with Gasteiger partial charge in [-0.25, -0.2) is 9.98 Å². The Morgan fingerprint density at radius 3 is 2.94 bits per heavy atom. The van der Waals surface area contributed by atoms with Gasteiger partial charge in [-0.05, 0) is 52.2 Å². The fourth-order valence-corrected chi connectivity index (χ4v) is 1.99. The number of halogens is 2. The Morgan fingerprint density at radius 2 is 2.28 bits per heavy atom. The van der Waals surface area contributed by atoms with E-state index < -0.39 is 0 Å². The number of rotatable bonds is 1. The first-order valence-electron chi connectivity index (χ1n) is 5.06. The Balaban J connectivity index is 2.56. The molecule has 0 fully saturated rings. The largest absolute Gasteiger partial charge is 0.329 e. The first kappa shape index (κ1) is 12.8. The van der Waals surface area contributed by atoms with Gasteiger partial charge in [-0.2, -0.15) is 5.26 Å². The number of hydrogen-bond acceptors (Lipinski definition) is 4. The van der Waals surface area contributed by atoms with Crippen LogP contribution in [0.4, 0.5) is 0 Å². The van der Waals surface area contributed by atoms with Crippen LogP contribution in [0.25, 0.3) is 5.57 Å². The minimum absolute atomic E-state index is 0.235. The Kier molecular flexibility index (Phi) is 3.80. The van der Waals surface area contributed by atoms with Gasteiger partial charge in [0.1, 0.15) is 16.2 Å². The number of nitrogens with zero attached hydrogens (tertiary/aromatic N) is 3. The summed E-state index contributed by atoms with van der Waals surface area (Å²) in [5, 5.41) is 12.4. The van der Waals surface area contributed by atoms with Gasteiger partial charge in [0.25, 0.3) is 0 Å². The van der Waals surface area contributed by atoms with E-state index in [4.69, 9.17) is 11.6 Å². The van der Waals surface area contributed by atoms with Crippen LogP contribution >= 0.6 is 27.5 Å². The fourth-order valence-electron chi connectivity index (χ4n) is 1.50. The Hall–Kier alpha value is -1.64. The van der Waals surface area contributed by atoms with Crippen molar-refractivity contribution < 1.29 is 0 Å². The molecule has 0 spiro atoms. The molecule has 1 aliphatic heterocycles. The summed E-state index contributed by atoms with van der Waals surface area (Å²) < 4.78 is 0.672. The zero-order valence-electron chi connectivity index (χ0n) is 9.41. The molecule has 0 radical (unpaired) electrons. The standard InChI is InChI=1S/C12H8BrClN4/c1-7-6-16-12(14)18-11(7)8(5-15)9-3-2-4-10(13)17-9/h2-4,6H,1H3,(H,16,18). The monoisotopic (exact) mass is 322 g/mol. The topological polar surface area (TPSA) is 61.1 Å². The molecule has 4 nitrogen and oxygen atoms in total. The SMILES string of the molecule is CC1=CN=C(Cl)NC1=C(C#N)c1cccc(Br)n1. The van der Waals surface area contributed by atoms with Crippen LogP contribution in [0, 0.1) is 11.3 Å². The summed E-state index contributed by atoms with van der Waals surface area (Å²) in [6, 6.07) is 7.54. The maximum Gasteiger partial charge on any atom is 0.200 e. The highest BCUT2D eigenvalue weighted by Gasteiger charge is 2.16. The molecule has 1 N–H and O–H groups in total. The molecule has 0 aromatic carbocycles. The maximum absolute atomic E-state index is 9.31. The van der Waals surface area contributed by atoms with Crippen molar-refractivity contribution in [1.29, 1.82) is 5.26 Å². The fraction of sp³-hybridized carbons (Fsp3) is 0.0833. The van der Waals surface area contributed by atoms with E-state index in [0.717, 1.165) is 5.57 Å². The highest BCUT2D eigenvalue weighted by Crippen LogP contribution is 2.23. The number of nitriles is 1. The van der Waals surface area contributed by atoms with Gasteiger partial charge in [0, 0.05) is 6.20 Å². The maximum atomic E-state index is 9.31. The molecule has 1 aliphatic rings. The number of hydrogen-bond donors (Lipinski definition) is 1. The number of aliphatic imine (C=N–C) groups is 1. The molecule has 0 amide bonds. The van der Waals surface area contributed by atoms with Crippen molar-refractivity contribution in [1.82, 2.24) is 10.3 Å². The van der Waals surface area contributed by atoms with E-state index in [9.17, 15) is 5.26 Å². The summed E-state index contributed by atoms with van der Waals surface area (Å²) in [5.41, 5.74) is 2.47. The number of aromatic nitrogens is 1. The van der Waals surface area contributed by atoms with Gasteiger partial charge in [-0.15, -0.1) is 0 Å². The molecule has 1 aromatic heterocycles. The van der Waals surface area contributed by atoms with Crippen molar-refractivity contribution in [2.75, 3.05) is 0 Å². The zero-order chi connectivity index (χ0) is 13.1. The van der Waals surface area contributed by atoms with Crippen molar-refractivity contribution in [3.05, 3.63) is 46.0 Å². The lowest BCUT2D eigenvalue weighted by atomic mass is 10.1. The summed E-state index contributed by atoms with van der Waals surface area (Å²) in [4.78, 5) is 8.19. The second-order valence-corrected chi connectivity index (χ2v) is 4.73. The lowest BCUT2D eigenvalue weighted by molar-refractivity contribution is 1.09. The predicted molar refractivity (Wildman–Crippen MR) is 74.7 cm³/mol. The summed E-state index contributed by atoms with van der Waals surface area (Å²) >= 11 is 9.10. The van der Waals surface area contributed by atoms with E-state index in [-0.39, 0.29) is 5.29 Å². The van der Waals surface area contributed by atoms with E-state index in [1.54, 1.807) is 18.3 Å². The van der Waals surface area contributed by atoms with E-state index in [1.807, 2.05) is 13.0 Å². The van der Waals surface area contributed by atoms with Gasteiger partial charge in [-0.3, -0.25) is 0 Å². The van der Waals surface area contributed by atoms with Crippen molar-refractivity contribution in [3.63, 3.8) is 0 Å². The summed E-state index contributed by atoms with van der Waals surface area (Å²) in [6.07, 6.45) is 1.61. The smallest absolute Gasteiger partial charge is 0.200 e. The van der Waals surface area contributed by atoms with E-state index in [2.05, 4.69) is 37.3 Å². The molecule has 0 aliphatic carbocycles. The quantitative estimate of drug-likeness (QED) is 0.490. The van der Waals surface area contributed by atoms with Gasteiger partial charge in [0.2, 0.25) is 0 Å². The molecule has 0 bridgehead atoms. The second kappa shape index (κ2) is 5.34. The third kappa shape index (κ3) is 2.61. The molecular formula is C12H8BrClN4. The molecule has 0 saturated heterocycles. The van der Waals surface area contributed by atoms with Crippen molar-refractivity contribution in [2.24, 2.45) is 4.99 Å². The molecule has 1 aromatic rings. The van der Waals surface area contributed by atoms with Crippen LogP contribution in [0.1, 0.15) is 12.6 Å². The predicted octanol–water partition coefficient (Wildman–Crippen LogP) is 3.18. The van der Waals surface area contributed by atoms with E-state index >= 15 is 0 Å². The van der Waals surface area contributed by atoms with Crippen molar-refractivity contribution >= 4 is 38.4 Å². The van der Waals surface area contributed by atoms with Crippen LogP contribution in [0.5, 0.6) is 0 Å². The molecular weight excluding hydrogens is 316 g/mol. The van der Waals surface area contributed by atoms with Crippen LogP contribution in [0.2, 0.25) is 0 Å². The first-order chi connectivity index (χ1) is 8.61. The number of nitrogens with one attached hydrogen (secondary N) is 1. The van der Waals surface area contributed by atoms with Crippen LogP contribution < -0.4 is 5.32 Å². The van der Waals surface area contributed by atoms with E-state index in [1.165, 1.54) is 0 Å². The molecule has 0 saturated carbocycles. The first-order valence-corrected chi connectivity index (χ1v) is 6.23. The molecule has 0 atom stereocenters. The van der Waals surface area contributed by atoms with Crippen LogP contribution in [0.15, 0.2) is 45.3 Å². The zero-order valence-corrected chi connectivity index (χ0v) is 11.7. The molecule has 2 heterocycles. The van der Waals surface area contributed by atoms with Crippen molar-refractivity contribution in [3.8, 4) is 6.07 Å². The highest BCUT2D eigenvalue weighted by atomic mass is 79.9. The average molecular weight is 324 g/mol. The highest BCUT2D eigenvalue weighted by molar-refractivity contribution is 9.10. The third-order valence-electron chi connectivity index (χ3n) is 2.33.